The Hall–Kier alpha value is -0.680. The lowest BCUT2D eigenvalue weighted by Crippen LogP contribution is -1.99. The van der Waals surface area contributed by atoms with Gasteiger partial charge in [0.2, 0.25) is 0 Å². The Morgan fingerprint density at radius 1 is 0.850 bits per heavy atom. The fraction of sp³-hybridized carbons (Fsp3) is 0.375. The van der Waals surface area contributed by atoms with Crippen molar-refractivity contribution in [2.75, 3.05) is 12.5 Å². The lowest BCUT2D eigenvalue weighted by molar-refractivity contribution is 0.177. The Labute approximate surface area is 130 Å². The average Bonchev–Trinajstić information content (AvgIpc) is 2.47. The molecule has 0 radical (unpaired) electrons. The molecule has 0 aliphatic heterocycles. The maximum Gasteiger partial charge on any atom is 0.0824 e. The van der Waals surface area contributed by atoms with Gasteiger partial charge in [0.1, 0.15) is 0 Å². The van der Waals surface area contributed by atoms with Gasteiger partial charge in [-0.3, -0.25) is 0 Å². The van der Waals surface area contributed by atoms with Gasteiger partial charge in [0, 0.05) is 0 Å². The van der Waals surface area contributed by atoms with E-state index in [0.29, 0.717) is 12.8 Å². The van der Waals surface area contributed by atoms with Gasteiger partial charge in [-0.2, -0.15) is 0 Å². The normalized spacial score (nSPS) is 15.0. The largest absolute Gasteiger partial charge is 0.388 e. The lowest BCUT2D eigenvalue weighted by Gasteiger charge is -2.12. The number of benzene rings is 1. The summed E-state index contributed by atoms with van der Waals surface area (Å²) in [5, 5.41) is 24.0. The fourth-order valence-corrected chi connectivity index (χ4v) is 2.38. The Morgan fingerprint density at radius 2 is 1.20 bits per heavy atom. The summed E-state index contributed by atoms with van der Waals surface area (Å²) in [5.74, 6) is 0. The first kappa shape index (κ1) is 17.4. The molecule has 2 unspecified atom stereocenters. The third-order valence-electron chi connectivity index (χ3n) is 2.89. The van der Waals surface area contributed by atoms with Crippen molar-refractivity contribution in [3.05, 3.63) is 58.4 Å². The van der Waals surface area contributed by atoms with Crippen LogP contribution in [0.2, 0.25) is 0 Å². The van der Waals surface area contributed by atoms with Crippen LogP contribution in [-0.2, 0) is 0 Å². The molecular weight excluding hydrogens is 288 g/mol. The first-order valence-corrected chi connectivity index (χ1v) is 9.08. The molecule has 0 bridgehead atoms. The monoisotopic (exact) mass is 310 g/mol. The summed E-state index contributed by atoms with van der Waals surface area (Å²) in [5.41, 5.74) is 1.76. The lowest BCUT2D eigenvalue weighted by atomic mass is 10.0. The standard InChI is InChI=1S/C16H22O2S2/c1-19-11-3-5-15(17)13-7-9-14(10-8-13)16(18)6-4-12-20-2/h3-4,7-12,15-18H,5-6H2,1-2H3/b11-3-,12-4+. The Bertz CT molecular complexity index is 386. The number of thioether (sulfide) groups is 2. The second kappa shape index (κ2) is 10.1. The van der Waals surface area contributed by atoms with Gasteiger partial charge >= 0.3 is 0 Å². The molecule has 0 aromatic heterocycles. The number of hydrogen-bond donors (Lipinski definition) is 2. The molecule has 0 saturated heterocycles. The minimum Gasteiger partial charge on any atom is -0.388 e. The fourth-order valence-electron chi connectivity index (χ4n) is 1.77. The molecule has 0 heterocycles. The third kappa shape index (κ3) is 6.18. The number of rotatable bonds is 8. The first-order valence-electron chi connectivity index (χ1n) is 6.50. The minimum atomic E-state index is -0.485. The van der Waals surface area contributed by atoms with E-state index < -0.39 is 12.2 Å². The molecule has 2 nitrogen and oxygen atoms in total. The SMILES string of the molecule is CS/C=C\CC(O)c1ccc(C(O)C/C=C/SC)cc1. The Balaban J connectivity index is 2.58. The van der Waals surface area contributed by atoms with E-state index in [1.54, 1.807) is 23.5 Å². The van der Waals surface area contributed by atoms with Gasteiger partial charge in [0.05, 0.1) is 12.2 Å². The summed E-state index contributed by atoms with van der Waals surface area (Å²) >= 11 is 3.24. The van der Waals surface area contributed by atoms with Crippen molar-refractivity contribution in [1.82, 2.24) is 0 Å². The van der Waals surface area contributed by atoms with Gasteiger partial charge in [-0.05, 0) is 47.3 Å². The van der Waals surface area contributed by atoms with E-state index in [9.17, 15) is 10.2 Å². The van der Waals surface area contributed by atoms with Crippen molar-refractivity contribution < 1.29 is 10.2 Å². The molecule has 0 fully saturated rings. The van der Waals surface area contributed by atoms with Crippen molar-refractivity contribution in [3.8, 4) is 0 Å². The van der Waals surface area contributed by atoms with E-state index in [2.05, 4.69) is 0 Å². The summed E-state index contributed by atoms with van der Waals surface area (Å²) in [7, 11) is 0. The number of aliphatic hydroxyl groups excluding tert-OH is 2. The van der Waals surface area contributed by atoms with Gasteiger partial charge in [0.25, 0.3) is 0 Å². The van der Waals surface area contributed by atoms with Crippen LogP contribution >= 0.6 is 23.5 Å². The molecule has 1 rings (SSSR count). The molecule has 0 aliphatic carbocycles. The highest BCUT2D eigenvalue weighted by atomic mass is 32.2. The van der Waals surface area contributed by atoms with Crippen LogP contribution < -0.4 is 0 Å². The summed E-state index contributed by atoms with van der Waals surface area (Å²) in [6, 6.07) is 7.53. The minimum absolute atomic E-state index is 0.485. The molecule has 110 valence electrons. The smallest absolute Gasteiger partial charge is 0.0824 e. The molecule has 1 aromatic carbocycles. The van der Waals surface area contributed by atoms with Crippen LogP contribution in [0, 0.1) is 0 Å². The Kier molecular flexibility index (Phi) is 8.78. The van der Waals surface area contributed by atoms with Crippen LogP contribution in [-0.4, -0.2) is 22.7 Å². The molecular formula is C16H22O2S2. The van der Waals surface area contributed by atoms with E-state index in [4.69, 9.17) is 0 Å². The molecule has 0 aliphatic rings. The highest BCUT2D eigenvalue weighted by Gasteiger charge is 2.08. The summed E-state index contributed by atoms with van der Waals surface area (Å²) < 4.78 is 0. The van der Waals surface area contributed by atoms with Crippen LogP contribution in [0.15, 0.2) is 47.2 Å². The van der Waals surface area contributed by atoms with Crippen molar-refractivity contribution in [2.45, 2.75) is 25.0 Å². The predicted octanol–water partition coefficient (Wildman–Crippen LogP) is 4.29. The maximum atomic E-state index is 10.0. The van der Waals surface area contributed by atoms with Crippen molar-refractivity contribution >= 4 is 23.5 Å². The Morgan fingerprint density at radius 3 is 1.50 bits per heavy atom. The van der Waals surface area contributed by atoms with E-state index in [1.165, 1.54) is 0 Å². The second-order valence-electron chi connectivity index (χ2n) is 4.38. The quantitative estimate of drug-likeness (QED) is 0.751. The van der Waals surface area contributed by atoms with E-state index >= 15 is 0 Å². The highest BCUT2D eigenvalue weighted by molar-refractivity contribution is 8.01. The molecule has 4 heteroatoms. The number of aliphatic hydroxyl groups is 2. The molecule has 2 N–H and O–H groups in total. The molecule has 20 heavy (non-hydrogen) atoms. The van der Waals surface area contributed by atoms with Gasteiger partial charge in [-0.1, -0.05) is 36.4 Å². The van der Waals surface area contributed by atoms with Gasteiger partial charge in [-0.25, -0.2) is 0 Å². The molecule has 0 amide bonds. The van der Waals surface area contributed by atoms with Crippen LogP contribution in [0.5, 0.6) is 0 Å². The zero-order chi connectivity index (χ0) is 14.8. The van der Waals surface area contributed by atoms with Crippen molar-refractivity contribution in [2.24, 2.45) is 0 Å². The summed E-state index contributed by atoms with van der Waals surface area (Å²) in [6.07, 6.45) is 8.16. The molecule has 1 aromatic rings. The summed E-state index contributed by atoms with van der Waals surface area (Å²) in [6.45, 7) is 0. The zero-order valence-corrected chi connectivity index (χ0v) is 13.5. The molecule has 2 atom stereocenters. The van der Waals surface area contributed by atoms with Gasteiger partial charge in [0.15, 0.2) is 0 Å². The topological polar surface area (TPSA) is 40.5 Å². The van der Waals surface area contributed by atoms with Crippen molar-refractivity contribution in [1.29, 1.82) is 0 Å². The predicted molar refractivity (Wildman–Crippen MR) is 90.9 cm³/mol. The van der Waals surface area contributed by atoms with Crippen molar-refractivity contribution in [3.63, 3.8) is 0 Å². The van der Waals surface area contributed by atoms with E-state index in [0.717, 1.165) is 11.1 Å². The second-order valence-corrected chi connectivity index (χ2v) is 5.87. The zero-order valence-electron chi connectivity index (χ0n) is 11.9. The van der Waals surface area contributed by atoms with Crippen LogP contribution in [0.25, 0.3) is 0 Å². The van der Waals surface area contributed by atoms with Gasteiger partial charge < -0.3 is 10.2 Å². The molecule has 0 spiro atoms. The number of hydrogen-bond acceptors (Lipinski definition) is 4. The summed E-state index contributed by atoms with van der Waals surface area (Å²) in [4.78, 5) is 0. The van der Waals surface area contributed by atoms with E-state index in [1.807, 2.05) is 59.7 Å². The maximum absolute atomic E-state index is 10.0. The highest BCUT2D eigenvalue weighted by Crippen LogP contribution is 2.22. The van der Waals surface area contributed by atoms with Crippen LogP contribution in [0.1, 0.15) is 36.2 Å². The van der Waals surface area contributed by atoms with Crippen LogP contribution in [0.4, 0.5) is 0 Å². The van der Waals surface area contributed by atoms with E-state index in [-0.39, 0.29) is 0 Å². The van der Waals surface area contributed by atoms with Gasteiger partial charge in [-0.15, -0.1) is 23.5 Å². The first-order chi connectivity index (χ1) is 9.69. The average molecular weight is 310 g/mol. The van der Waals surface area contributed by atoms with Crippen LogP contribution in [0.3, 0.4) is 0 Å². The third-order valence-corrected chi connectivity index (χ3v) is 3.82. The molecule has 0 saturated carbocycles.